The normalized spacial score (nSPS) is 14.7. The van der Waals surface area contributed by atoms with Gasteiger partial charge in [0.2, 0.25) is 0 Å². The van der Waals surface area contributed by atoms with Crippen LogP contribution in [0.25, 0.3) is 26.4 Å². The van der Waals surface area contributed by atoms with Crippen LogP contribution in [-0.4, -0.2) is 51.3 Å². The highest BCUT2D eigenvalue weighted by atomic mass is 32.1. The molecule has 5 nitrogen and oxygen atoms in total. The first-order chi connectivity index (χ1) is 17.1. The van der Waals surface area contributed by atoms with Crippen molar-refractivity contribution in [3.8, 4) is 11.3 Å². The smallest absolute Gasteiger partial charge is 0.253 e. The number of amides is 1. The number of thiazole rings is 1. The summed E-state index contributed by atoms with van der Waals surface area (Å²) in [7, 11) is 0. The number of rotatable bonds is 4. The number of fused-ring (bicyclic) bond motifs is 3. The maximum Gasteiger partial charge on any atom is 0.253 e. The van der Waals surface area contributed by atoms with E-state index in [1.165, 1.54) is 27.0 Å². The molecule has 1 fully saturated rings. The van der Waals surface area contributed by atoms with Gasteiger partial charge in [0.25, 0.3) is 5.91 Å². The molecule has 0 aliphatic carbocycles. The highest BCUT2D eigenvalue weighted by Crippen LogP contribution is 2.34. The van der Waals surface area contributed by atoms with E-state index >= 15 is 0 Å². The fourth-order valence-corrected chi connectivity index (χ4v) is 6.05. The Morgan fingerprint density at radius 2 is 1.60 bits per heavy atom. The van der Waals surface area contributed by atoms with Gasteiger partial charge in [0.15, 0.2) is 4.96 Å². The molecule has 35 heavy (non-hydrogen) atoms. The van der Waals surface area contributed by atoms with Crippen molar-refractivity contribution in [2.75, 3.05) is 26.2 Å². The molecule has 1 aliphatic heterocycles. The molecule has 0 atom stereocenters. The van der Waals surface area contributed by atoms with Gasteiger partial charge in [0.05, 0.1) is 21.6 Å². The Hall–Kier alpha value is -3.48. The number of aromatic nitrogens is 2. The van der Waals surface area contributed by atoms with Crippen LogP contribution in [0.15, 0.2) is 72.8 Å². The van der Waals surface area contributed by atoms with Crippen LogP contribution in [0.1, 0.15) is 27.2 Å². The fraction of sp³-hybridized carbons (Fsp3) is 0.241. The van der Waals surface area contributed by atoms with Crippen LogP contribution in [0, 0.1) is 13.8 Å². The first-order valence-corrected chi connectivity index (χ1v) is 12.9. The molecule has 6 rings (SSSR count). The van der Waals surface area contributed by atoms with Gasteiger partial charge in [-0.25, -0.2) is 4.98 Å². The lowest BCUT2D eigenvalue weighted by atomic mass is 10.1. The Morgan fingerprint density at radius 1 is 0.886 bits per heavy atom. The molecule has 0 radical (unpaired) electrons. The molecule has 0 bridgehead atoms. The molecule has 3 heterocycles. The van der Waals surface area contributed by atoms with Gasteiger partial charge >= 0.3 is 0 Å². The maximum absolute atomic E-state index is 13.0. The first kappa shape index (κ1) is 22.0. The monoisotopic (exact) mass is 480 g/mol. The minimum Gasteiger partial charge on any atom is -0.336 e. The van der Waals surface area contributed by atoms with Gasteiger partial charge in [-0.3, -0.25) is 14.1 Å². The summed E-state index contributed by atoms with van der Waals surface area (Å²) in [5, 5.41) is 0. The number of piperazine rings is 1. The standard InChI is InChI=1S/C29H28N4OS/c1-20-8-11-23(12-9-20)28(34)32-16-14-31(15-17-32)19-25-27(22-6-4-3-5-7-22)30-29-33(25)24-13-10-21(2)18-26(24)35-29/h3-13,18H,14-17,19H2,1-2H3. The molecule has 3 aromatic carbocycles. The average Bonchev–Trinajstić information content (AvgIpc) is 3.41. The number of nitrogens with zero attached hydrogens (tertiary/aromatic N) is 4. The van der Waals surface area contributed by atoms with E-state index in [9.17, 15) is 4.79 Å². The Morgan fingerprint density at radius 3 is 2.34 bits per heavy atom. The molecule has 0 unspecified atom stereocenters. The number of benzene rings is 3. The van der Waals surface area contributed by atoms with Crippen molar-refractivity contribution >= 4 is 32.4 Å². The molecule has 6 heteroatoms. The van der Waals surface area contributed by atoms with E-state index in [2.05, 4.69) is 58.7 Å². The van der Waals surface area contributed by atoms with E-state index in [0.717, 1.165) is 54.5 Å². The van der Waals surface area contributed by atoms with Crippen molar-refractivity contribution in [2.24, 2.45) is 0 Å². The van der Waals surface area contributed by atoms with Crippen molar-refractivity contribution in [1.82, 2.24) is 19.2 Å². The molecular weight excluding hydrogens is 452 g/mol. The van der Waals surface area contributed by atoms with Crippen LogP contribution in [0.3, 0.4) is 0 Å². The zero-order valence-electron chi connectivity index (χ0n) is 20.1. The zero-order chi connectivity index (χ0) is 23.9. The molecule has 0 spiro atoms. The third-order valence-electron chi connectivity index (χ3n) is 6.88. The van der Waals surface area contributed by atoms with E-state index in [4.69, 9.17) is 4.98 Å². The van der Waals surface area contributed by atoms with Gasteiger partial charge in [-0.05, 0) is 43.7 Å². The van der Waals surface area contributed by atoms with Gasteiger partial charge in [-0.15, -0.1) is 0 Å². The molecule has 1 saturated heterocycles. The summed E-state index contributed by atoms with van der Waals surface area (Å²) in [5.74, 6) is 0.126. The number of imidazole rings is 1. The van der Waals surface area contributed by atoms with E-state index in [-0.39, 0.29) is 5.91 Å². The number of aryl methyl sites for hydroxylation is 2. The SMILES string of the molecule is Cc1ccc(C(=O)N2CCN(Cc3c(-c4ccccc4)nc4sc5cc(C)ccc5n34)CC2)cc1. The molecule has 176 valence electrons. The summed E-state index contributed by atoms with van der Waals surface area (Å²) in [4.78, 5) is 23.5. The molecule has 5 aromatic rings. The Labute approximate surface area is 209 Å². The Kier molecular flexibility index (Phi) is 5.63. The lowest BCUT2D eigenvalue weighted by molar-refractivity contribution is 0.0627. The van der Waals surface area contributed by atoms with Crippen molar-refractivity contribution < 1.29 is 4.79 Å². The molecule has 1 amide bonds. The lowest BCUT2D eigenvalue weighted by Gasteiger charge is -2.34. The quantitative estimate of drug-likeness (QED) is 0.327. The van der Waals surface area contributed by atoms with Gasteiger partial charge in [0.1, 0.15) is 0 Å². The predicted octanol–water partition coefficient (Wildman–Crippen LogP) is 5.79. The number of carbonyl (C=O) groups is 1. The molecule has 2 aromatic heterocycles. The summed E-state index contributed by atoms with van der Waals surface area (Å²) < 4.78 is 3.60. The van der Waals surface area contributed by atoms with Crippen molar-refractivity contribution in [3.05, 3.63) is 95.2 Å². The second-order valence-electron chi connectivity index (χ2n) is 9.40. The fourth-order valence-electron chi connectivity index (χ4n) is 4.91. The van der Waals surface area contributed by atoms with Crippen molar-refractivity contribution in [1.29, 1.82) is 0 Å². The van der Waals surface area contributed by atoms with Crippen molar-refractivity contribution in [2.45, 2.75) is 20.4 Å². The zero-order valence-corrected chi connectivity index (χ0v) is 20.9. The Balaban J connectivity index is 1.29. The highest BCUT2D eigenvalue weighted by molar-refractivity contribution is 7.23. The molecule has 1 aliphatic rings. The summed E-state index contributed by atoms with van der Waals surface area (Å²) in [6.07, 6.45) is 0. The third kappa shape index (κ3) is 4.13. The van der Waals surface area contributed by atoms with Gasteiger partial charge < -0.3 is 4.90 Å². The maximum atomic E-state index is 13.0. The minimum atomic E-state index is 0.126. The van der Waals surface area contributed by atoms with Crippen LogP contribution in [-0.2, 0) is 6.54 Å². The van der Waals surface area contributed by atoms with E-state index < -0.39 is 0 Å². The Bertz CT molecular complexity index is 1510. The minimum absolute atomic E-state index is 0.126. The third-order valence-corrected chi connectivity index (χ3v) is 7.88. The van der Waals surface area contributed by atoms with E-state index in [1.807, 2.05) is 42.2 Å². The summed E-state index contributed by atoms with van der Waals surface area (Å²) in [6, 6.07) is 25.0. The second kappa shape index (κ2) is 8.95. The van der Waals surface area contributed by atoms with Crippen molar-refractivity contribution in [3.63, 3.8) is 0 Å². The van der Waals surface area contributed by atoms with Crippen LogP contribution < -0.4 is 0 Å². The highest BCUT2D eigenvalue weighted by Gasteiger charge is 2.25. The van der Waals surface area contributed by atoms with Gasteiger partial charge in [0, 0.05) is 43.9 Å². The first-order valence-electron chi connectivity index (χ1n) is 12.1. The second-order valence-corrected chi connectivity index (χ2v) is 10.4. The largest absolute Gasteiger partial charge is 0.336 e. The van der Waals surface area contributed by atoms with Gasteiger partial charge in [-0.2, -0.15) is 0 Å². The summed E-state index contributed by atoms with van der Waals surface area (Å²) in [6.45, 7) is 8.15. The molecule has 0 N–H and O–H groups in total. The van der Waals surface area contributed by atoms with Crippen LogP contribution in [0.2, 0.25) is 0 Å². The van der Waals surface area contributed by atoms with Crippen LogP contribution in [0.4, 0.5) is 0 Å². The topological polar surface area (TPSA) is 40.9 Å². The van der Waals surface area contributed by atoms with Crippen LogP contribution in [0.5, 0.6) is 0 Å². The van der Waals surface area contributed by atoms with Gasteiger partial charge in [-0.1, -0.05) is 65.4 Å². The molecule has 0 saturated carbocycles. The average molecular weight is 481 g/mol. The number of hydrogen-bond donors (Lipinski definition) is 0. The van der Waals surface area contributed by atoms with Crippen LogP contribution >= 0.6 is 11.3 Å². The van der Waals surface area contributed by atoms with E-state index in [0.29, 0.717) is 0 Å². The number of hydrogen-bond acceptors (Lipinski definition) is 4. The van der Waals surface area contributed by atoms with E-state index in [1.54, 1.807) is 11.3 Å². The number of carbonyl (C=O) groups excluding carboxylic acids is 1. The summed E-state index contributed by atoms with van der Waals surface area (Å²) >= 11 is 1.75. The lowest BCUT2D eigenvalue weighted by Crippen LogP contribution is -2.48. The summed E-state index contributed by atoms with van der Waals surface area (Å²) in [5.41, 5.74) is 7.84. The molecular formula is C29H28N4OS. The predicted molar refractivity (Wildman–Crippen MR) is 143 cm³/mol.